The minimum atomic E-state index is -5.88. The molecule has 0 saturated heterocycles. The van der Waals surface area contributed by atoms with Crippen LogP contribution in [0.3, 0.4) is 0 Å². The molecular weight excluding hydrogens is 639 g/mol. The molecule has 4 aromatic carbocycles. The van der Waals surface area contributed by atoms with E-state index in [1.807, 2.05) is 6.07 Å². The lowest BCUT2D eigenvalue weighted by Gasteiger charge is -2.24. The Morgan fingerprint density at radius 1 is 0.886 bits per heavy atom. The fourth-order valence-electron chi connectivity index (χ4n) is 4.41. The summed E-state index contributed by atoms with van der Waals surface area (Å²) in [6, 6.07) is 22.7. The molecule has 0 aromatic heterocycles. The molecule has 0 saturated carbocycles. The summed E-state index contributed by atoms with van der Waals surface area (Å²) in [5.74, 6) is -0.396. The van der Waals surface area contributed by atoms with Gasteiger partial charge in [0.25, 0.3) is 0 Å². The quantitative estimate of drug-likeness (QED) is 0.139. The van der Waals surface area contributed by atoms with E-state index in [9.17, 15) is 26.6 Å². The van der Waals surface area contributed by atoms with Crippen molar-refractivity contribution in [3.8, 4) is 16.9 Å². The molecule has 0 aliphatic rings. The van der Waals surface area contributed by atoms with Gasteiger partial charge in [-0.2, -0.15) is 13.1 Å². The van der Waals surface area contributed by atoms with E-state index < -0.39 is 39.8 Å². The van der Waals surface area contributed by atoms with Crippen molar-refractivity contribution in [2.75, 3.05) is 14.2 Å². The number of hydrogen-bond acceptors (Lipinski definition) is 6. The van der Waals surface area contributed by atoms with Gasteiger partial charge in [0.15, 0.2) is 0 Å². The Morgan fingerprint density at radius 2 is 1.52 bits per heavy atom. The standard InChI is InChI=1S/C30H27ClF2NO8PS/c1-41-27-8-3-4-9-28(27)44(39,40)34(19-21-12-15-25(26(31)16-21)30(32,33)43(36,37)38)18-20-10-13-22(14-11-20)23-6-5-7-24(17-23)29(35)42-2/h3-17H,18-19H2,1-2H3,(H2,36,37,38). The van der Waals surface area contributed by atoms with Gasteiger partial charge in [-0.05, 0) is 52.6 Å². The van der Waals surface area contributed by atoms with Crippen LogP contribution in [0.5, 0.6) is 5.75 Å². The van der Waals surface area contributed by atoms with E-state index in [1.54, 1.807) is 48.5 Å². The van der Waals surface area contributed by atoms with Crippen LogP contribution in [0.25, 0.3) is 11.1 Å². The number of hydrogen-bond donors (Lipinski definition) is 2. The maximum absolute atomic E-state index is 14.3. The molecule has 14 heteroatoms. The van der Waals surface area contributed by atoms with Gasteiger partial charge >= 0.3 is 19.2 Å². The van der Waals surface area contributed by atoms with Crippen molar-refractivity contribution in [3.05, 3.63) is 118 Å². The van der Waals surface area contributed by atoms with Gasteiger partial charge in [0, 0.05) is 13.1 Å². The topological polar surface area (TPSA) is 130 Å². The van der Waals surface area contributed by atoms with Gasteiger partial charge in [-0.1, -0.05) is 72.3 Å². The number of rotatable bonds is 11. The lowest BCUT2D eigenvalue weighted by molar-refractivity contribution is 0.0565. The fraction of sp³-hybridized carbons (Fsp3) is 0.167. The number of nitrogens with zero attached hydrogens (tertiary/aromatic N) is 1. The minimum absolute atomic E-state index is 0.0907. The van der Waals surface area contributed by atoms with Gasteiger partial charge in [0.2, 0.25) is 10.0 Å². The highest BCUT2D eigenvalue weighted by Crippen LogP contribution is 2.60. The summed E-state index contributed by atoms with van der Waals surface area (Å²) in [4.78, 5) is 30.0. The Kier molecular flexibility index (Phi) is 9.94. The van der Waals surface area contributed by atoms with Crippen LogP contribution in [-0.4, -0.2) is 42.7 Å². The Balaban J connectivity index is 1.70. The number of ether oxygens (including phenoxy) is 2. The van der Waals surface area contributed by atoms with Crippen molar-refractivity contribution < 1.29 is 45.8 Å². The van der Waals surface area contributed by atoms with Gasteiger partial charge < -0.3 is 19.3 Å². The maximum atomic E-state index is 14.3. The first-order valence-corrected chi connectivity index (χ1v) is 16.3. The van der Waals surface area contributed by atoms with Crippen molar-refractivity contribution in [1.29, 1.82) is 0 Å². The van der Waals surface area contributed by atoms with Crippen molar-refractivity contribution in [2.24, 2.45) is 0 Å². The van der Waals surface area contributed by atoms with Crippen LogP contribution in [-0.2, 0) is 38.1 Å². The highest BCUT2D eigenvalue weighted by Gasteiger charge is 2.51. The molecule has 0 heterocycles. The highest BCUT2D eigenvalue weighted by atomic mass is 35.5. The highest BCUT2D eigenvalue weighted by molar-refractivity contribution is 7.89. The summed E-state index contributed by atoms with van der Waals surface area (Å²) in [5, 5.41) is -0.635. The van der Waals surface area contributed by atoms with Crippen LogP contribution in [0.2, 0.25) is 5.02 Å². The van der Waals surface area contributed by atoms with Gasteiger partial charge in [-0.25, -0.2) is 13.2 Å². The van der Waals surface area contributed by atoms with Crippen molar-refractivity contribution in [3.63, 3.8) is 0 Å². The molecule has 2 N–H and O–H groups in total. The Labute approximate surface area is 257 Å². The van der Waals surface area contributed by atoms with Gasteiger partial charge in [-0.3, -0.25) is 4.57 Å². The molecule has 0 aliphatic heterocycles. The molecule has 9 nitrogen and oxygen atoms in total. The number of para-hydroxylation sites is 1. The number of methoxy groups -OCH3 is 2. The molecule has 0 radical (unpaired) electrons. The third-order valence-corrected chi connectivity index (χ3v) is 9.82. The van der Waals surface area contributed by atoms with Crippen LogP contribution in [0.1, 0.15) is 27.0 Å². The summed E-state index contributed by atoms with van der Waals surface area (Å²) >= 11 is 6.02. The first kappa shape index (κ1) is 33.3. The summed E-state index contributed by atoms with van der Waals surface area (Å²) in [6.07, 6.45) is 0. The van der Waals surface area contributed by atoms with E-state index in [4.69, 9.17) is 30.9 Å². The van der Waals surface area contributed by atoms with E-state index in [0.717, 1.165) is 33.6 Å². The van der Waals surface area contributed by atoms with Crippen molar-refractivity contribution in [1.82, 2.24) is 4.31 Å². The largest absolute Gasteiger partial charge is 0.495 e. The van der Waals surface area contributed by atoms with E-state index in [1.165, 1.54) is 32.4 Å². The van der Waals surface area contributed by atoms with Crippen LogP contribution in [0, 0.1) is 0 Å². The number of carbonyl (C=O) groups is 1. The number of benzene rings is 4. The number of alkyl halides is 2. The second-order valence-corrected chi connectivity index (χ2v) is 13.6. The number of halogens is 3. The Hall–Kier alpha value is -3.64. The number of carbonyl (C=O) groups excluding carboxylic acids is 1. The molecule has 0 fully saturated rings. The van der Waals surface area contributed by atoms with Gasteiger partial charge in [0.05, 0.1) is 30.4 Å². The maximum Gasteiger partial charge on any atom is 0.399 e. The van der Waals surface area contributed by atoms with Crippen molar-refractivity contribution in [2.45, 2.75) is 23.6 Å². The average molecular weight is 666 g/mol. The Bertz CT molecular complexity index is 1830. The third kappa shape index (κ3) is 7.02. The molecule has 4 aromatic rings. The first-order valence-electron chi connectivity index (χ1n) is 12.8. The molecule has 0 atom stereocenters. The second kappa shape index (κ2) is 13.2. The summed E-state index contributed by atoms with van der Waals surface area (Å²) in [5.41, 5.74) is -2.99. The van der Waals surface area contributed by atoms with Crippen LogP contribution < -0.4 is 4.74 Å². The molecule has 0 spiro atoms. The zero-order valence-corrected chi connectivity index (χ0v) is 25.8. The smallest absolute Gasteiger partial charge is 0.399 e. The normalized spacial score (nSPS) is 12.3. The van der Waals surface area contributed by atoms with Crippen LogP contribution >= 0.6 is 19.2 Å². The zero-order valence-electron chi connectivity index (χ0n) is 23.4. The predicted molar refractivity (Wildman–Crippen MR) is 160 cm³/mol. The second-order valence-electron chi connectivity index (χ2n) is 9.59. The van der Waals surface area contributed by atoms with E-state index in [2.05, 4.69) is 0 Å². The molecule has 44 heavy (non-hydrogen) atoms. The molecule has 0 bridgehead atoms. The number of sulfonamides is 1. The van der Waals surface area contributed by atoms with E-state index >= 15 is 0 Å². The van der Waals surface area contributed by atoms with E-state index in [0.29, 0.717) is 11.1 Å². The van der Waals surface area contributed by atoms with E-state index in [-0.39, 0.29) is 29.3 Å². The fourth-order valence-corrected chi connectivity index (χ4v) is 6.88. The molecule has 0 amide bonds. The lowest BCUT2D eigenvalue weighted by Crippen LogP contribution is -2.30. The SMILES string of the molecule is COC(=O)c1cccc(-c2ccc(CN(Cc3ccc(C(F)(F)P(=O)(O)O)c(Cl)c3)S(=O)(=O)c3ccccc3OC)cc2)c1. The Morgan fingerprint density at radius 3 is 2.14 bits per heavy atom. The van der Waals surface area contributed by atoms with Crippen molar-refractivity contribution >= 4 is 35.2 Å². The molecular formula is C30H27ClF2NO8PS. The summed E-state index contributed by atoms with van der Waals surface area (Å²) < 4.78 is 79.1. The monoisotopic (exact) mass is 665 g/mol. The zero-order chi connectivity index (χ0) is 32.3. The number of esters is 1. The lowest BCUT2D eigenvalue weighted by atomic mass is 10.0. The van der Waals surface area contributed by atoms with Gasteiger partial charge in [0.1, 0.15) is 10.6 Å². The third-order valence-electron chi connectivity index (χ3n) is 6.70. The average Bonchev–Trinajstić information content (AvgIpc) is 3.00. The summed E-state index contributed by atoms with van der Waals surface area (Å²) in [6.45, 7) is -0.480. The molecule has 0 unspecified atom stereocenters. The van der Waals surface area contributed by atoms with Crippen LogP contribution in [0.4, 0.5) is 8.78 Å². The molecule has 4 rings (SSSR count). The van der Waals surface area contributed by atoms with Crippen LogP contribution in [0.15, 0.2) is 95.9 Å². The van der Waals surface area contributed by atoms with Gasteiger partial charge in [-0.15, -0.1) is 0 Å². The molecule has 232 valence electrons. The predicted octanol–water partition coefficient (Wildman–Crippen LogP) is 6.42. The summed E-state index contributed by atoms with van der Waals surface area (Å²) in [7, 11) is -7.52. The minimum Gasteiger partial charge on any atom is -0.495 e. The molecule has 0 aliphatic carbocycles. The first-order chi connectivity index (χ1) is 20.7.